The summed E-state index contributed by atoms with van der Waals surface area (Å²) < 4.78 is 2.01. The van der Waals surface area contributed by atoms with Gasteiger partial charge in [-0.15, -0.1) is 11.3 Å². The van der Waals surface area contributed by atoms with Crippen molar-refractivity contribution >= 4 is 48.9 Å². The molecule has 1 aromatic heterocycles. The van der Waals surface area contributed by atoms with Crippen LogP contribution in [0, 0.1) is 0 Å². The third kappa shape index (κ3) is 3.75. The van der Waals surface area contributed by atoms with Crippen LogP contribution in [0.3, 0.4) is 0 Å². The van der Waals surface area contributed by atoms with Crippen LogP contribution in [0.25, 0.3) is 10.1 Å². The second kappa shape index (κ2) is 6.77. The van der Waals surface area contributed by atoms with Crippen LogP contribution in [0.2, 0.25) is 0 Å². The number of nitrogens with two attached hydrogens (primary N) is 1. The fraction of sp³-hybridized carbons (Fsp3) is 0.400. The highest BCUT2D eigenvalue weighted by Gasteiger charge is 2.16. The van der Waals surface area contributed by atoms with Crippen molar-refractivity contribution in [3.63, 3.8) is 0 Å². The highest BCUT2D eigenvalue weighted by atomic mass is 79.9. The summed E-state index contributed by atoms with van der Waals surface area (Å²) in [6.45, 7) is 5.69. The normalized spacial score (nSPS) is 11.5. The number of likely N-dealkylation sites (N-methyl/N-ethyl adjacent to an activating group) is 1. The number of carbonyl (C=O) groups excluding carboxylic acids is 1. The molecule has 0 atom stereocenters. The van der Waals surface area contributed by atoms with Crippen LogP contribution in [-0.4, -0.2) is 37.0 Å². The molecule has 0 radical (unpaired) electrons. The van der Waals surface area contributed by atoms with Gasteiger partial charge in [-0.2, -0.15) is 0 Å². The minimum Gasteiger partial charge on any atom is -0.397 e. The molecule has 114 valence electrons. The van der Waals surface area contributed by atoms with Gasteiger partial charge in [-0.1, -0.05) is 22.0 Å². The Hall–Kier alpha value is -1.11. The molecule has 0 aliphatic rings. The zero-order chi connectivity index (χ0) is 15.6. The maximum Gasteiger partial charge on any atom is 0.263 e. The minimum atomic E-state index is -0.0954. The number of thiophene rings is 1. The van der Waals surface area contributed by atoms with Crippen molar-refractivity contribution in [1.82, 2.24) is 10.2 Å². The molecule has 6 heteroatoms. The Kier molecular flexibility index (Phi) is 5.24. The summed E-state index contributed by atoms with van der Waals surface area (Å²) in [5.74, 6) is -0.0954. The van der Waals surface area contributed by atoms with Crippen molar-refractivity contribution in [3.8, 4) is 0 Å². The second-order valence-corrected chi connectivity index (χ2v) is 7.28. The van der Waals surface area contributed by atoms with E-state index in [-0.39, 0.29) is 5.91 Å². The summed E-state index contributed by atoms with van der Waals surface area (Å²) >= 11 is 4.87. The van der Waals surface area contributed by atoms with Crippen LogP contribution < -0.4 is 11.1 Å². The van der Waals surface area contributed by atoms with E-state index in [1.165, 1.54) is 11.3 Å². The first-order chi connectivity index (χ1) is 9.90. The first kappa shape index (κ1) is 16.3. The van der Waals surface area contributed by atoms with Crippen LogP contribution in [0.5, 0.6) is 0 Å². The number of nitrogen functional groups attached to an aromatic ring is 1. The number of amides is 1. The number of halogens is 1. The van der Waals surface area contributed by atoms with Gasteiger partial charge in [0.2, 0.25) is 0 Å². The molecule has 0 fully saturated rings. The largest absolute Gasteiger partial charge is 0.397 e. The van der Waals surface area contributed by atoms with E-state index in [0.29, 0.717) is 23.2 Å². The molecular weight excluding hydrogens is 350 g/mol. The number of rotatable bonds is 5. The number of carbonyl (C=O) groups is 1. The average Bonchev–Trinajstić information content (AvgIpc) is 2.75. The van der Waals surface area contributed by atoms with Gasteiger partial charge < -0.3 is 16.0 Å². The summed E-state index contributed by atoms with van der Waals surface area (Å²) in [4.78, 5) is 15.0. The van der Waals surface area contributed by atoms with Crippen molar-refractivity contribution in [2.24, 2.45) is 0 Å². The summed E-state index contributed by atoms with van der Waals surface area (Å²) in [5.41, 5.74) is 6.66. The van der Waals surface area contributed by atoms with Crippen LogP contribution in [0.1, 0.15) is 23.5 Å². The van der Waals surface area contributed by atoms with Crippen LogP contribution in [0.15, 0.2) is 22.7 Å². The van der Waals surface area contributed by atoms with E-state index in [4.69, 9.17) is 5.73 Å². The Labute approximate surface area is 137 Å². The predicted molar refractivity (Wildman–Crippen MR) is 94.0 cm³/mol. The molecule has 0 unspecified atom stereocenters. The molecule has 0 aliphatic heterocycles. The van der Waals surface area contributed by atoms with E-state index >= 15 is 0 Å². The number of hydrogen-bond donors (Lipinski definition) is 2. The van der Waals surface area contributed by atoms with Gasteiger partial charge in [0.25, 0.3) is 5.91 Å². The highest BCUT2D eigenvalue weighted by Crippen LogP contribution is 2.35. The lowest BCUT2D eigenvalue weighted by atomic mass is 10.2. The molecular formula is C15H20BrN3OS. The van der Waals surface area contributed by atoms with E-state index in [2.05, 4.69) is 40.0 Å². The molecule has 0 bridgehead atoms. The number of nitrogens with zero attached hydrogens (tertiary/aromatic N) is 1. The van der Waals surface area contributed by atoms with Gasteiger partial charge in [0.1, 0.15) is 4.88 Å². The molecule has 2 aromatic rings. The standard InChI is InChI=1S/C15H20BrN3OS/c1-9(2)19(3)7-6-18-15(20)14-13(17)11-5-4-10(16)8-12(11)21-14/h4-5,8-9H,6-7,17H2,1-3H3,(H,18,20). The quantitative estimate of drug-likeness (QED) is 0.849. The summed E-state index contributed by atoms with van der Waals surface area (Å²) in [6, 6.07) is 6.33. The van der Waals surface area contributed by atoms with Gasteiger partial charge in [-0.25, -0.2) is 0 Å². The van der Waals surface area contributed by atoms with Gasteiger partial charge in [0.05, 0.1) is 5.69 Å². The molecule has 1 heterocycles. The Morgan fingerprint density at radius 1 is 1.48 bits per heavy atom. The summed E-state index contributed by atoms with van der Waals surface area (Å²) in [6.07, 6.45) is 0. The van der Waals surface area contributed by atoms with E-state index < -0.39 is 0 Å². The minimum absolute atomic E-state index is 0.0954. The first-order valence-corrected chi connectivity index (χ1v) is 8.47. The van der Waals surface area contributed by atoms with Gasteiger partial charge in [-0.3, -0.25) is 4.79 Å². The highest BCUT2D eigenvalue weighted by molar-refractivity contribution is 9.10. The monoisotopic (exact) mass is 369 g/mol. The number of benzene rings is 1. The summed E-state index contributed by atoms with van der Waals surface area (Å²) in [5, 5.41) is 3.88. The van der Waals surface area contributed by atoms with Gasteiger partial charge in [0.15, 0.2) is 0 Å². The average molecular weight is 370 g/mol. The molecule has 21 heavy (non-hydrogen) atoms. The van der Waals surface area contributed by atoms with Crippen molar-refractivity contribution < 1.29 is 4.79 Å². The van der Waals surface area contributed by atoms with Crippen molar-refractivity contribution in [3.05, 3.63) is 27.5 Å². The van der Waals surface area contributed by atoms with Crippen LogP contribution in [-0.2, 0) is 0 Å². The van der Waals surface area contributed by atoms with E-state index in [9.17, 15) is 4.79 Å². The van der Waals surface area contributed by atoms with Gasteiger partial charge in [0, 0.05) is 33.7 Å². The molecule has 0 saturated heterocycles. The van der Waals surface area contributed by atoms with Crippen LogP contribution >= 0.6 is 27.3 Å². The lowest BCUT2D eigenvalue weighted by Crippen LogP contribution is -2.36. The lowest BCUT2D eigenvalue weighted by molar-refractivity contribution is 0.0953. The SMILES string of the molecule is CC(C)N(C)CCNC(=O)c1sc2cc(Br)ccc2c1N. The molecule has 1 aromatic carbocycles. The van der Waals surface area contributed by atoms with Crippen molar-refractivity contribution in [2.75, 3.05) is 25.9 Å². The third-order valence-electron chi connectivity index (χ3n) is 3.53. The zero-order valence-corrected chi connectivity index (χ0v) is 14.8. The lowest BCUT2D eigenvalue weighted by Gasteiger charge is -2.20. The number of anilines is 1. The van der Waals surface area contributed by atoms with E-state index in [0.717, 1.165) is 21.1 Å². The number of nitrogens with one attached hydrogen (secondary N) is 1. The Balaban J connectivity index is 2.07. The smallest absolute Gasteiger partial charge is 0.263 e. The molecule has 0 spiro atoms. The molecule has 4 nitrogen and oxygen atoms in total. The topological polar surface area (TPSA) is 58.4 Å². The van der Waals surface area contributed by atoms with Gasteiger partial charge in [-0.05, 0) is 33.0 Å². The number of fused-ring (bicyclic) bond motifs is 1. The van der Waals surface area contributed by atoms with Crippen molar-refractivity contribution in [2.45, 2.75) is 19.9 Å². The fourth-order valence-corrected chi connectivity index (χ4v) is 3.53. The fourth-order valence-electron chi connectivity index (χ4n) is 1.94. The summed E-state index contributed by atoms with van der Waals surface area (Å²) in [7, 11) is 2.04. The van der Waals surface area contributed by atoms with E-state index in [1.54, 1.807) is 0 Å². The maximum absolute atomic E-state index is 12.3. The predicted octanol–water partition coefficient (Wildman–Crippen LogP) is 3.32. The molecule has 2 rings (SSSR count). The molecule has 0 aliphatic carbocycles. The van der Waals surface area contributed by atoms with Gasteiger partial charge >= 0.3 is 0 Å². The molecule has 1 amide bonds. The molecule has 3 N–H and O–H groups in total. The first-order valence-electron chi connectivity index (χ1n) is 6.86. The Bertz CT molecular complexity index is 654. The zero-order valence-electron chi connectivity index (χ0n) is 12.4. The van der Waals surface area contributed by atoms with E-state index in [1.807, 2.05) is 25.2 Å². The maximum atomic E-state index is 12.3. The Morgan fingerprint density at radius 2 is 2.19 bits per heavy atom. The second-order valence-electron chi connectivity index (χ2n) is 5.32. The molecule has 0 saturated carbocycles. The Morgan fingerprint density at radius 3 is 2.86 bits per heavy atom. The number of hydrogen-bond acceptors (Lipinski definition) is 4. The third-order valence-corrected chi connectivity index (χ3v) is 5.19. The van der Waals surface area contributed by atoms with Crippen LogP contribution in [0.4, 0.5) is 5.69 Å². The van der Waals surface area contributed by atoms with Crippen molar-refractivity contribution in [1.29, 1.82) is 0 Å².